The van der Waals surface area contributed by atoms with Gasteiger partial charge in [-0.3, -0.25) is 0 Å². The van der Waals surface area contributed by atoms with Crippen LogP contribution in [0.25, 0.3) is 0 Å². The van der Waals surface area contributed by atoms with E-state index in [-0.39, 0.29) is 11.4 Å². The molecule has 1 heterocycles. The Labute approximate surface area is 161 Å². The van der Waals surface area contributed by atoms with Crippen LogP contribution in [0, 0.1) is 0 Å². The third-order valence-electron chi connectivity index (χ3n) is 3.82. The molecule has 1 fully saturated rings. The van der Waals surface area contributed by atoms with E-state index in [1.54, 1.807) is 22.7 Å². The van der Waals surface area contributed by atoms with Crippen molar-refractivity contribution in [3.8, 4) is 5.75 Å². The molecule has 3 rings (SSSR count). The van der Waals surface area contributed by atoms with Crippen LogP contribution in [0.5, 0.6) is 5.75 Å². The molecule has 0 radical (unpaired) electrons. The van der Waals surface area contributed by atoms with E-state index in [1.807, 2.05) is 43.3 Å². The largest absolute Gasteiger partial charge is 0.494 e. The minimum atomic E-state index is -0.157. The van der Waals surface area contributed by atoms with Gasteiger partial charge in [0.25, 0.3) is 0 Å². The Morgan fingerprint density at radius 1 is 1.28 bits per heavy atom. The molecule has 0 aromatic heterocycles. The van der Waals surface area contributed by atoms with Gasteiger partial charge in [-0.05, 0) is 37.3 Å². The van der Waals surface area contributed by atoms with Crippen LogP contribution < -0.4 is 10.1 Å². The molecule has 132 valence electrons. The lowest BCUT2D eigenvalue weighted by Gasteiger charge is -2.25. The van der Waals surface area contributed by atoms with Crippen LogP contribution >= 0.6 is 35.0 Å². The lowest BCUT2D eigenvalue weighted by Crippen LogP contribution is -2.34. The molecule has 1 N–H and O–H groups in total. The highest BCUT2D eigenvalue weighted by molar-refractivity contribution is 7.99. The van der Waals surface area contributed by atoms with Crippen LogP contribution in [0.3, 0.4) is 0 Å². The number of thioether (sulfide) groups is 1. The van der Waals surface area contributed by atoms with Gasteiger partial charge in [0.15, 0.2) is 0 Å². The number of anilines is 1. The van der Waals surface area contributed by atoms with Crippen LogP contribution in [0.2, 0.25) is 10.0 Å². The number of hydrogen-bond donors (Lipinski definition) is 1. The molecule has 1 aliphatic rings. The topological polar surface area (TPSA) is 41.6 Å². The fraction of sp³-hybridized carbons (Fsp3) is 0.278. The maximum absolute atomic E-state index is 12.7. The van der Waals surface area contributed by atoms with Crippen molar-refractivity contribution in [3.05, 3.63) is 58.1 Å². The molecule has 25 heavy (non-hydrogen) atoms. The highest BCUT2D eigenvalue weighted by atomic mass is 35.5. The Morgan fingerprint density at radius 2 is 2.04 bits per heavy atom. The summed E-state index contributed by atoms with van der Waals surface area (Å²) < 4.78 is 5.41. The summed E-state index contributed by atoms with van der Waals surface area (Å²) in [6.45, 7) is 3.20. The zero-order valence-electron chi connectivity index (χ0n) is 13.7. The highest BCUT2D eigenvalue weighted by Gasteiger charge is 2.32. The van der Waals surface area contributed by atoms with Gasteiger partial charge < -0.3 is 15.0 Å². The van der Waals surface area contributed by atoms with Crippen LogP contribution in [0.1, 0.15) is 17.9 Å². The summed E-state index contributed by atoms with van der Waals surface area (Å²) in [5.74, 6) is 1.63. The summed E-state index contributed by atoms with van der Waals surface area (Å²) in [5.41, 5.74) is 1.58. The van der Waals surface area contributed by atoms with E-state index in [2.05, 4.69) is 5.32 Å². The molecule has 1 aliphatic heterocycles. The van der Waals surface area contributed by atoms with Crippen LogP contribution in [-0.2, 0) is 0 Å². The number of amides is 2. The van der Waals surface area contributed by atoms with Crippen LogP contribution in [0.4, 0.5) is 10.5 Å². The Kier molecular flexibility index (Phi) is 5.99. The maximum Gasteiger partial charge on any atom is 0.323 e. The molecule has 2 aromatic carbocycles. The molecule has 2 amide bonds. The number of nitrogens with zero attached hydrogens (tertiary/aromatic N) is 1. The van der Waals surface area contributed by atoms with E-state index >= 15 is 0 Å². The summed E-state index contributed by atoms with van der Waals surface area (Å²) in [6.07, 6.45) is 0. The Hall–Kier alpha value is -1.56. The summed E-state index contributed by atoms with van der Waals surface area (Å²) in [5, 5.41) is 3.79. The van der Waals surface area contributed by atoms with Gasteiger partial charge in [0.1, 0.15) is 11.1 Å². The Bertz CT molecular complexity index is 755. The van der Waals surface area contributed by atoms with E-state index in [4.69, 9.17) is 27.9 Å². The van der Waals surface area contributed by atoms with Gasteiger partial charge in [-0.1, -0.05) is 35.3 Å². The smallest absolute Gasteiger partial charge is 0.323 e. The number of urea groups is 1. The number of nitrogens with one attached hydrogen (secondary N) is 1. The number of carbonyl (C=O) groups is 1. The molecule has 0 unspecified atom stereocenters. The Morgan fingerprint density at radius 3 is 2.76 bits per heavy atom. The molecule has 0 spiro atoms. The second-order valence-electron chi connectivity index (χ2n) is 5.45. The standard InChI is InChI=1S/C18H18Cl2N2O2S/c1-2-24-13-8-6-12(7-9-13)21-18(23)22-10-11-25-17(22)14-4-3-5-15(19)16(14)20/h3-9,17H,2,10-11H2,1H3,(H,21,23)/t17-/m1/s1. The van der Waals surface area contributed by atoms with E-state index in [0.717, 1.165) is 22.8 Å². The summed E-state index contributed by atoms with van der Waals surface area (Å²) in [4.78, 5) is 14.5. The second-order valence-corrected chi connectivity index (χ2v) is 7.42. The number of halogens is 2. The van der Waals surface area contributed by atoms with Gasteiger partial charge in [0.05, 0.1) is 16.7 Å². The van der Waals surface area contributed by atoms with Gasteiger partial charge in [-0.15, -0.1) is 11.8 Å². The third-order valence-corrected chi connectivity index (χ3v) is 5.89. The van der Waals surface area contributed by atoms with Gasteiger partial charge in [0.2, 0.25) is 0 Å². The fourth-order valence-corrected chi connectivity index (χ4v) is 4.40. The van der Waals surface area contributed by atoms with Crippen molar-refractivity contribution in [1.82, 2.24) is 4.90 Å². The average Bonchev–Trinajstić information content (AvgIpc) is 3.09. The van der Waals surface area contributed by atoms with Gasteiger partial charge in [-0.2, -0.15) is 0 Å². The molecule has 1 atom stereocenters. The molecule has 7 heteroatoms. The SMILES string of the molecule is CCOc1ccc(NC(=O)N2CCS[C@@H]2c2cccc(Cl)c2Cl)cc1. The molecule has 1 saturated heterocycles. The van der Waals surface area contributed by atoms with Crippen molar-refractivity contribution in [3.63, 3.8) is 0 Å². The normalized spacial score (nSPS) is 16.8. The monoisotopic (exact) mass is 396 g/mol. The first-order valence-electron chi connectivity index (χ1n) is 7.96. The number of hydrogen-bond acceptors (Lipinski definition) is 3. The molecular formula is C18H18Cl2N2O2S. The van der Waals surface area contributed by atoms with Gasteiger partial charge in [-0.25, -0.2) is 4.79 Å². The number of carbonyl (C=O) groups excluding carboxylic acids is 1. The van der Waals surface area contributed by atoms with Gasteiger partial charge >= 0.3 is 6.03 Å². The summed E-state index contributed by atoms with van der Waals surface area (Å²) >= 11 is 14.1. The van der Waals surface area contributed by atoms with Crippen LogP contribution in [0.15, 0.2) is 42.5 Å². The lowest BCUT2D eigenvalue weighted by molar-refractivity contribution is 0.214. The molecule has 0 saturated carbocycles. The van der Waals surface area contributed by atoms with E-state index in [9.17, 15) is 4.79 Å². The van der Waals surface area contributed by atoms with Crippen molar-refractivity contribution in [2.75, 3.05) is 24.2 Å². The zero-order valence-corrected chi connectivity index (χ0v) is 16.0. The molecule has 4 nitrogen and oxygen atoms in total. The lowest BCUT2D eigenvalue weighted by atomic mass is 10.2. The van der Waals surface area contributed by atoms with E-state index < -0.39 is 0 Å². The first kappa shape index (κ1) is 18.2. The number of ether oxygens (including phenoxy) is 1. The minimum absolute atomic E-state index is 0.145. The third kappa shape index (κ3) is 4.17. The number of benzene rings is 2. The minimum Gasteiger partial charge on any atom is -0.494 e. The van der Waals surface area contributed by atoms with Crippen molar-refractivity contribution in [2.45, 2.75) is 12.3 Å². The van der Waals surface area contributed by atoms with E-state index in [0.29, 0.717) is 23.2 Å². The van der Waals surface area contributed by atoms with Gasteiger partial charge in [0, 0.05) is 23.5 Å². The predicted octanol–water partition coefficient (Wildman–Crippen LogP) is 5.67. The van der Waals surface area contributed by atoms with Crippen molar-refractivity contribution in [2.24, 2.45) is 0 Å². The first-order chi connectivity index (χ1) is 12.1. The van der Waals surface area contributed by atoms with Crippen molar-refractivity contribution >= 4 is 46.7 Å². The Balaban J connectivity index is 1.73. The van der Waals surface area contributed by atoms with Crippen LogP contribution in [-0.4, -0.2) is 29.8 Å². The van der Waals surface area contributed by atoms with Crippen molar-refractivity contribution in [1.29, 1.82) is 0 Å². The summed E-state index contributed by atoms with van der Waals surface area (Å²) in [6, 6.07) is 12.7. The highest BCUT2D eigenvalue weighted by Crippen LogP contribution is 2.42. The second kappa shape index (κ2) is 8.21. The predicted molar refractivity (Wildman–Crippen MR) is 105 cm³/mol. The van der Waals surface area contributed by atoms with Crippen molar-refractivity contribution < 1.29 is 9.53 Å². The molecule has 0 aliphatic carbocycles. The number of rotatable bonds is 4. The quantitative estimate of drug-likeness (QED) is 0.723. The summed E-state index contributed by atoms with van der Waals surface area (Å²) in [7, 11) is 0. The first-order valence-corrected chi connectivity index (χ1v) is 9.76. The zero-order chi connectivity index (χ0) is 17.8. The maximum atomic E-state index is 12.7. The molecular weight excluding hydrogens is 379 g/mol. The molecule has 0 bridgehead atoms. The average molecular weight is 397 g/mol. The van der Waals surface area contributed by atoms with E-state index in [1.165, 1.54) is 0 Å². The molecule has 2 aromatic rings. The fourth-order valence-electron chi connectivity index (χ4n) is 2.64.